The van der Waals surface area contributed by atoms with Gasteiger partial charge in [-0.25, -0.2) is 4.79 Å². The molecular formula is C18H27NO4. The van der Waals surface area contributed by atoms with Gasteiger partial charge in [0.25, 0.3) is 5.91 Å². The molecule has 23 heavy (non-hydrogen) atoms. The van der Waals surface area contributed by atoms with Crippen molar-refractivity contribution in [3.63, 3.8) is 0 Å². The van der Waals surface area contributed by atoms with Crippen molar-refractivity contribution in [2.45, 2.75) is 46.1 Å². The monoisotopic (exact) mass is 321 g/mol. The number of carbonyl (C=O) groups excluding carboxylic acids is 2. The number of hydrogen-bond acceptors (Lipinski definition) is 4. The van der Waals surface area contributed by atoms with E-state index in [1.54, 1.807) is 19.1 Å². The second kappa shape index (κ2) is 10.0. The van der Waals surface area contributed by atoms with Gasteiger partial charge in [-0.3, -0.25) is 4.79 Å². The highest BCUT2D eigenvalue weighted by atomic mass is 16.5. The molecule has 0 radical (unpaired) electrons. The van der Waals surface area contributed by atoms with E-state index in [-0.39, 0.29) is 19.1 Å². The molecule has 1 amide bonds. The Kier molecular flexibility index (Phi) is 8.33. The lowest BCUT2D eigenvalue weighted by atomic mass is 10.1. The van der Waals surface area contributed by atoms with E-state index in [4.69, 9.17) is 9.84 Å². The minimum atomic E-state index is -0.867. The molecule has 0 saturated carbocycles. The Morgan fingerprint density at radius 2 is 1.87 bits per heavy atom. The molecule has 5 heteroatoms. The van der Waals surface area contributed by atoms with E-state index in [1.807, 2.05) is 19.1 Å². The maximum atomic E-state index is 12.1. The third kappa shape index (κ3) is 6.02. The number of amides is 1. The number of aliphatic hydroxyl groups is 1. The van der Waals surface area contributed by atoms with Crippen molar-refractivity contribution in [3.05, 3.63) is 35.4 Å². The van der Waals surface area contributed by atoms with Crippen molar-refractivity contribution in [1.29, 1.82) is 0 Å². The average Bonchev–Trinajstić information content (AvgIpc) is 2.57. The van der Waals surface area contributed by atoms with Crippen LogP contribution in [0.1, 0.15) is 49.5 Å². The molecule has 128 valence electrons. The van der Waals surface area contributed by atoms with E-state index in [0.717, 1.165) is 19.3 Å². The van der Waals surface area contributed by atoms with E-state index >= 15 is 0 Å². The highest BCUT2D eigenvalue weighted by Gasteiger charge is 2.23. The second-order valence-electron chi connectivity index (χ2n) is 5.49. The number of ether oxygens (including phenoxy) is 1. The van der Waals surface area contributed by atoms with Gasteiger partial charge in [-0.2, -0.15) is 0 Å². The largest absolute Gasteiger partial charge is 0.449 e. The van der Waals surface area contributed by atoms with Crippen LogP contribution in [0.25, 0.3) is 0 Å². The smallest absolute Gasteiger partial charge is 0.338 e. The number of rotatable bonds is 9. The number of nitrogens with zero attached hydrogens (tertiary/aromatic N) is 1. The highest BCUT2D eigenvalue weighted by molar-refractivity contribution is 5.92. The predicted octanol–water partition coefficient (Wildman–Crippen LogP) is 2.42. The van der Waals surface area contributed by atoms with Crippen LogP contribution in [0, 0.1) is 0 Å². The maximum absolute atomic E-state index is 12.1. The molecule has 0 aliphatic rings. The summed E-state index contributed by atoms with van der Waals surface area (Å²) in [6, 6.07) is 7.30. The molecule has 0 fully saturated rings. The van der Waals surface area contributed by atoms with Crippen molar-refractivity contribution in [3.8, 4) is 0 Å². The van der Waals surface area contributed by atoms with Crippen LogP contribution in [-0.4, -0.2) is 47.7 Å². The lowest BCUT2D eigenvalue weighted by Crippen LogP contribution is -2.41. The molecule has 0 bridgehead atoms. The normalized spacial score (nSPS) is 11.8. The Morgan fingerprint density at radius 3 is 2.39 bits per heavy atom. The molecule has 0 aromatic heterocycles. The molecule has 0 spiro atoms. The van der Waals surface area contributed by atoms with Crippen LogP contribution in [0.4, 0.5) is 0 Å². The van der Waals surface area contributed by atoms with Gasteiger partial charge in [0.15, 0.2) is 6.10 Å². The predicted molar refractivity (Wildman–Crippen MR) is 89.3 cm³/mol. The van der Waals surface area contributed by atoms with Crippen molar-refractivity contribution in [2.24, 2.45) is 0 Å². The zero-order valence-corrected chi connectivity index (χ0v) is 14.2. The summed E-state index contributed by atoms with van der Waals surface area (Å²) in [5.74, 6) is -0.803. The molecule has 1 aromatic carbocycles. The van der Waals surface area contributed by atoms with Gasteiger partial charge >= 0.3 is 5.97 Å². The minimum Gasteiger partial charge on any atom is -0.449 e. The topological polar surface area (TPSA) is 66.8 Å². The molecule has 0 heterocycles. The van der Waals surface area contributed by atoms with Gasteiger partial charge in [-0.15, -0.1) is 0 Å². The standard InChI is InChI=1S/C18H27NO4/c1-4-6-7-15-8-10-16(11-9-15)18(22)23-14(3)17(21)19(5-2)12-13-20/h8-11,14,20H,4-7,12-13H2,1-3H3. The summed E-state index contributed by atoms with van der Waals surface area (Å²) < 4.78 is 5.24. The van der Waals surface area contributed by atoms with Crippen molar-refractivity contribution >= 4 is 11.9 Å². The summed E-state index contributed by atoms with van der Waals surface area (Å²) in [7, 11) is 0. The first kappa shape index (κ1) is 19.2. The molecule has 1 atom stereocenters. The van der Waals surface area contributed by atoms with Crippen LogP contribution >= 0.6 is 0 Å². The SMILES string of the molecule is CCCCc1ccc(C(=O)OC(C)C(=O)N(CC)CCO)cc1. The number of likely N-dealkylation sites (N-methyl/N-ethyl adjacent to an activating group) is 1. The first-order valence-corrected chi connectivity index (χ1v) is 8.23. The van der Waals surface area contributed by atoms with Gasteiger partial charge in [0.05, 0.1) is 12.2 Å². The fraction of sp³-hybridized carbons (Fsp3) is 0.556. The minimum absolute atomic E-state index is 0.112. The maximum Gasteiger partial charge on any atom is 0.338 e. The summed E-state index contributed by atoms with van der Waals surface area (Å²) in [5, 5.41) is 8.94. The van der Waals surface area contributed by atoms with Gasteiger partial charge in [-0.1, -0.05) is 25.5 Å². The molecule has 0 saturated heterocycles. The number of carbonyl (C=O) groups is 2. The van der Waals surface area contributed by atoms with Crippen LogP contribution in [0.5, 0.6) is 0 Å². The van der Waals surface area contributed by atoms with Gasteiger partial charge in [0, 0.05) is 13.1 Å². The number of benzene rings is 1. The summed E-state index contributed by atoms with van der Waals surface area (Å²) in [6.07, 6.45) is 2.37. The summed E-state index contributed by atoms with van der Waals surface area (Å²) in [4.78, 5) is 25.7. The molecule has 1 rings (SSSR count). The van der Waals surface area contributed by atoms with Crippen LogP contribution < -0.4 is 0 Å². The van der Waals surface area contributed by atoms with E-state index in [9.17, 15) is 9.59 Å². The van der Waals surface area contributed by atoms with Crippen LogP contribution in [-0.2, 0) is 16.0 Å². The molecule has 5 nitrogen and oxygen atoms in total. The van der Waals surface area contributed by atoms with E-state index < -0.39 is 12.1 Å². The van der Waals surface area contributed by atoms with Crippen LogP contribution in [0.2, 0.25) is 0 Å². The van der Waals surface area contributed by atoms with E-state index in [2.05, 4.69) is 6.92 Å². The van der Waals surface area contributed by atoms with Crippen molar-refractivity contribution in [1.82, 2.24) is 4.90 Å². The number of hydrogen-bond donors (Lipinski definition) is 1. The molecule has 0 aliphatic heterocycles. The Balaban J connectivity index is 2.62. The molecule has 1 unspecified atom stereocenters. The Labute approximate surface area is 138 Å². The van der Waals surface area contributed by atoms with Gasteiger partial charge in [-0.05, 0) is 44.4 Å². The fourth-order valence-corrected chi connectivity index (χ4v) is 2.27. The third-order valence-electron chi connectivity index (χ3n) is 3.70. The Bertz CT molecular complexity index is 498. The highest BCUT2D eigenvalue weighted by Crippen LogP contribution is 2.11. The lowest BCUT2D eigenvalue weighted by Gasteiger charge is -2.23. The molecule has 1 aromatic rings. The molecule has 0 aliphatic carbocycles. The van der Waals surface area contributed by atoms with Crippen molar-refractivity contribution in [2.75, 3.05) is 19.7 Å². The summed E-state index contributed by atoms with van der Waals surface area (Å²) in [5.41, 5.74) is 1.63. The number of aryl methyl sites for hydroxylation is 1. The second-order valence-corrected chi connectivity index (χ2v) is 5.49. The summed E-state index contributed by atoms with van der Waals surface area (Å²) >= 11 is 0. The Morgan fingerprint density at radius 1 is 1.22 bits per heavy atom. The van der Waals surface area contributed by atoms with Gasteiger partial charge in [0.1, 0.15) is 0 Å². The lowest BCUT2D eigenvalue weighted by molar-refractivity contribution is -0.140. The average molecular weight is 321 g/mol. The Hall–Kier alpha value is -1.88. The first-order valence-electron chi connectivity index (χ1n) is 8.23. The number of esters is 1. The van der Waals surface area contributed by atoms with E-state index in [1.165, 1.54) is 10.5 Å². The van der Waals surface area contributed by atoms with Gasteiger partial charge in [0.2, 0.25) is 0 Å². The number of aliphatic hydroxyl groups excluding tert-OH is 1. The van der Waals surface area contributed by atoms with Gasteiger partial charge < -0.3 is 14.7 Å². The van der Waals surface area contributed by atoms with Crippen LogP contribution in [0.3, 0.4) is 0 Å². The first-order chi connectivity index (χ1) is 11.0. The van der Waals surface area contributed by atoms with Crippen LogP contribution in [0.15, 0.2) is 24.3 Å². The molecular weight excluding hydrogens is 294 g/mol. The third-order valence-corrected chi connectivity index (χ3v) is 3.70. The zero-order chi connectivity index (χ0) is 17.2. The summed E-state index contributed by atoms with van der Waals surface area (Å²) in [6.45, 7) is 6.10. The zero-order valence-electron chi connectivity index (χ0n) is 14.2. The van der Waals surface area contributed by atoms with Crippen molar-refractivity contribution < 1.29 is 19.4 Å². The molecule has 1 N–H and O–H groups in total. The number of unbranched alkanes of at least 4 members (excludes halogenated alkanes) is 1. The van der Waals surface area contributed by atoms with E-state index in [0.29, 0.717) is 12.1 Å². The quantitative estimate of drug-likeness (QED) is 0.709. The fourth-order valence-electron chi connectivity index (χ4n) is 2.27.